The molecule has 0 saturated heterocycles. The number of rotatable bonds is 1. The fourth-order valence-corrected chi connectivity index (χ4v) is 1.50. The van der Waals surface area contributed by atoms with Gasteiger partial charge in [0.05, 0.1) is 5.56 Å². The molecule has 2 N–H and O–H groups in total. The minimum atomic E-state index is -4.51. The molecule has 1 aliphatic carbocycles. The lowest BCUT2D eigenvalue weighted by atomic mass is 10.0. The highest BCUT2D eigenvalue weighted by Gasteiger charge is 2.42. The first-order valence-electron chi connectivity index (χ1n) is 4.49. The maximum Gasteiger partial charge on any atom is 0.416 e. The smallest absolute Gasteiger partial charge is 0.321 e. The van der Waals surface area contributed by atoms with Gasteiger partial charge in [-0.2, -0.15) is 13.2 Å². The van der Waals surface area contributed by atoms with E-state index in [1.54, 1.807) is 0 Å². The van der Waals surface area contributed by atoms with Crippen molar-refractivity contribution in [1.29, 1.82) is 0 Å². The van der Waals surface area contributed by atoms with E-state index < -0.39 is 23.1 Å². The molecule has 0 atom stereocenters. The van der Waals surface area contributed by atoms with E-state index in [0.717, 1.165) is 12.1 Å². The van der Waals surface area contributed by atoms with Crippen LogP contribution < -0.4 is 5.73 Å². The van der Waals surface area contributed by atoms with Crippen LogP contribution >= 0.6 is 12.4 Å². The average Bonchev–Trinajstić information content (AvgIpc) is 2.82. The first kappa shape index (κ1) is 13.3. The number of alkyl halides is 3. The summed E-state index contributed by atoms with van der Waals surface area (Å²) in [5.74, 6) is -0.871. The highest BCUT2D eigenvalue weighted by molar-refractivity contribution is 5.85. The molecule has 90 valence electrons. The van der Waals surface area contributed by atoms with Crippen LogP contribution in [0.15, 0.2) is 18.2 Å². The van der Waals surface area contributed by atoms with E-state index in [1.807, 2.05) is 0 Å². The molecule has 0 aliphatic heterocycles. The fourth-order valence-electron chi connectivity index (χ4n) is 1.50. The molecule has 6 heteroatoms. The molecule has 0 heterocycles. The van der Waals surface area contributed by atoms with Crippen LogP contribution in [0, 0.1) is 5.82 Å². The zero-order chi connectivity index (χ0) is 11.3. The van der Waals surface area contributed by atoms with E-state index >= 15 is 0 Å². The lowest BCUT2D eigenvalue weighted by molar-refractivity contribution is -0.137. The Morgan fingerprint density at radius 2 is 1.75 bits per heavy atom. The second kappa shape index (κ2) is 3.89. The molecule has 1 saturated carbocycles. The maximum absolute atomic E-state index is 13.3. The van der Waals surface area contributed by atoms with E-state index in [-0.39, 0.29) is 18.0 Å². The van der Waals surface area contributed by atoms with Crippen molar-refractivity contribution in [3.05, 3.63) is 35.1 Å². The Balaban J connectivity index is 0.00000128. The molecule has 0 unspecified atom stereocenters. The molecule has 0 radical (unpaired) electrons. The number of hydrogen-bond donors (Lipinski definition) is 1. The van der Waals surface area contributed by atoms with Crippen LogP contribution in [0.5, 0.6) is 0 Å². The van der Waals surface area contributed by atoms with E-state index in [1.165, 1.54) is 0 Å². The molecule has 1 fully saturated rings. The Morgan fingerprint density at radius 3 is 2.12 bits per heavy atom. The van der Waals surface area contributed by atoms with Crippen molar-refractivity contribution in [2.24, 2.45) is 5.73 Å². The maximum atomic E-state index is 13.3. The van der Waals surface area contributed by atoms with Crippen LogP contribution in [0.4, 0.5) is 17.6 Å². The summed E-state index contributed by atoms with van der Waals surface area (Å²) >= 11 is 0. The van der Waals surface area contributed by atoms with Crippen molar-refractivity contribution in [1.82, 2.24) is 0 Å². The molecule has 1 aliphatic rings. The highest BCUT2D eigenvalue weighted by atomic mass is 35.5. The molecule has 1 aromatic rings. The molecule has 0 spiro atoms. The first-order chi connectivity index (χ1) is 6.83. The van der Waals surface area contributed by atoms with Crippen molar-refractivity contribution in [2.75, 3.05) is 0 Å². The van der Waals surface area contributed by atoms with Gasteiger partial charge in [0, 0.05) is 11.1 Å². The third kappa shape index (κ3) is 2.30. The molecular weight excluding hydrogens is 246 g/mol. The Kier molecular flexibility index (Phi) is 3.22. The van der Waals surface area contributed by atoms with Crippen LogP contribution in [0.2, 0.25) is 0 Å². The SMILES string of the molecule is Cl.NC1(c2ccc(C(F)(F)F)cc2F)CC1. The summed E-state index contributed by atoms with van der Waals surface area (Å²) < 4.78 is 50.0. The zero-order valence-electron chi connectivity index (χ0n) is 8.14. The van der Waals surface area contributed by atoms with Crippen molar-refractivity contribution >= 4 is 12.4 Å². The Hall–Kier alpha value is -0.810. The lowest BCUT2D eigenvalue weighted by Crippen LogP contribution is -2.21. The topological polar surface area (TPSA) is 26.0 Å². The van der Waals surface area contributed by atoms with E-state index in [0.29, 0.717) is 18.9 Å². The molecule has 0 amide bonds. The largest absolute Gasteiger partial charge is 0.416 e. The van der Waals surface area contributed by atoms with Gasteiger partial charge in [0.25, 0.3) is 0 Å². The van der Waals surface area contributed by atoms with Crippen LogP contribution in [0.3, 0.4) is 0 Å². The molecular formula is C10H10ClF4N. The number of nitrogens with two attached hydrogens (primary N) is 1. The van der Waals surface area contributed by atoms with Gasteiger partial charge in [0.1, 0.15) is 5.82 Å². The summed E-state index contributed by atoms with van der Waals surface area (Å²) in [6.07, 6.45) is -3.27. The first-order valence-corrected chi connectivity index (χ1v) is 4.49. The van der Waals surface area contributed by atoms with E-state index in [9.17, 15) is 17.6 Å². The van der Waals surface area contributed by atoms with Gasteiger partial charge in [-0.05, 0) is 25.0 Å². The van der Waals surface area contributed by atoms with Gasteiger partial charge in [-0.15, -0.1) is 12.4 Å². The number of halogens is 5. The standard InChI is InChI=1S/C10H9F4N.ClH/c11-8-5-6(10(12,13)14)1-2-7(8)9(15)3-4-9;/h1-2,5H,3-4,15H2;1H. The monoisotopic (exact) mass is 255 g/mol. The van der Waals surface area contributed by atoms with E-state index in [4.69, 9.17) is 5.73 Å². The summed E-state index contributed by atoms with van der Waals surface area (Å²) in [5.41, 5.74) is 4.16. The summed E-state index contributed by atoms with van der Waals surface area (Å²) in [7, 11) is 0. The lowest BCUT2D eigenvalue weighted by Gasteiger charge is -2.13. The fraction of sp³-hybridized carbons (Fsp3) is 0.400. The average molecular weight is 256 g/mol. The Morgan fingerprint density at radius 1 is 1.19 bits per heavy atom. The second-order valence-corrected chi connectivity index (χ2v) is 3.85. The predicted molar refractivity (Wildman–Crippen MR) is 53.7 cm³/mol. The summed E-state index contributed by atoms with van der Waals surface area (Å²) in [6.45, 7) is 0. The summed E-state index contributed by atoms with van der Waals surface area (Å²) in [5, 5.41) is 0. The van der Waals surface area contributed by atoms with Gasteiger partial charge in [-0.1, -0.05) is 6.07 Å². The highest BCUT2D eigenvalue weighted by Crippen LogP contribution is 2.44. The van der Waals surface area contributed by atoms with Gasteiger partial charge >= 0.3 is 6.18 Å². The van der Waals surface area contributed by atoms with Crippen molar-refractivity contribution in [3.63, 3.8) is 0 Å². The van der Waals surface area contributed by atoms with Gasteiger partial charge in [-0.3, -0.25) is 0 Å². The van der Waals surface area contributed by atoms with Crippen molar-refractivity contribution in [2.45, 2.75) is 24.6 Å². The molecule has 0 bridgehead atoms. The van der Waals surface area contributed by atoms with Crippen LogP contribution in [0.1, 0.15) is 24.0 Å². The quantitative estimate of drug-likeness (QED) is 0.766. The van der Waals surface area contributed by atoms with Crippen LogP contribution in [-0.2, 0) is 11.7 Å². The minimum absolute atomic E-state index is 0. The van der Waals surface area contributed by atoms with Gasteiger partial charge in [-0.25, -0.2) is 4.39 Å². The molecule has 2 rings (SSSR count). The summed E-state index contributed by atoms with van der Waals surface area (Å²) in [6, 6.07) is 2.50. The normalized spacial score (nSPS) is 17.8. The molecule has 1 nitrogen and oxygen atoms in total. The van der Waals surface area contributed by atoms with Gasteiger partial charge in [0.15, 0.2) is 0 Å². The number of benzene rings is 1. The third-order valence-corrected chi connectivity index (χ3v) is 2.62. The third-order valence-electron chi connectivity index (χ3n) is 2.62. The van der Waals surface area contributed by atoms with Crippen LogP contribution in [-0.4, -0.2) is 0 Å². The Labute approximate surface area is 96.0 Å². The second-order valence-electron chi connectivity index (χ2n) is 3.85. The predicted octanol–water partition coefficient (Wildman–Crippen LogP) is 3.21. The van der Waals surface area contributed by atoms with Crippen molar-refractivity contribution in [3.8, 4) is 0 Å². The molecule has 1 aromatic carbocycles. The van der Waals surface area contributed by atoms with Gasteiger partial charge in [0.2, 0.25) is 0 Å². The summed E-state index contributed by atoms with van der Waals surface area (Å²) in [4.78, 5) is 0. The molecule has 0 aromatic heterocycles. The molecule has 16 heavy (non-hydrogen) atoms. The number of hydrogen-bond acceptors (Lipinski definition) is 1. The van der Waals surface area contributed by atoms with Crippen molar-refractivity contribution < 1.29 is 17.6 Å². The van der Waals surface area contributed by atoms with Gasteiger partial charge < -0.3 is 5.73 Å². The van der Waals surface area contributed by atoms with E-state index in [2.05, 4.69) is 0 Å². The minimum Gasteiger partial charge on any atom is -0.321 e. The zero-order valence-corrected chi connectivity index (χ0v) is 8.96. The Bertz CT molecular complexity index is 398. The van der Waals surface area contributed by atoms with Crippen LogP contribution in [0.25, 0.3) is 0 Å².